The number of amides is 1. The van der Waals surface area contributed by atoms with Gasteiger partial charge in [0.1, 0.15) is 5.54 Å². The number of hydrogen-bond donors (Lipinski definition) is 0. The van der Waals surface area contributed by atoms with Gasteiger partial charge >= 0.3 is 12.3 Å². The molecule has 2 aromatic carbocycles. The van der Waals surface area contributed by atoms with Crippen LogP contribution >= 0.6 is 11.6 Å². The first-order valence-corrected chi connectivity index (χ1v) is 12.5. The van der Waals surface area contributed by atoms with Gasteiger partial charge in [0.15, 0.2) is 5.76 Å². The van der Waals surface area contributed by atoms with Crippen LogP contribution in [-0.2, 0) is 25.3 Å². The molecule has 38 heavy (non-hydrogen) atoms. The molecule has 1 fully saturated rings. The number of piperidine rings is 1. The maximum Gasteiger partial charge on any atom is 0.513 e. The third-order valence-electron chi connectivity index (χ3n) is 6.93. The first-order chi connectivity index (χ1) is 17.9. The van der Waals surface area contributed by atoms with Crippen molar-refractivity contribution in [2.24, 2.45) is 0 Å². The summed E-state index contributed by atoms with van der Waals surface area (Å²) in [5, 5.41) is 2.14. The van der Waals surface area contributed by atoms with Crippen LogP contribution in [0.25, 0.3) is 5.57 Å². The number of benzene rings is 2. The van der Waals surface area contributed by atoms with Crippen LogP contribution in [0, 0.1) is 13.8 Å². The highest BCUT2D eigenvalue weighted by molar-refractivity contribution is 6.33. The molecule has 0 aromatic heterocycles. The molecule has 1 spiro atoms. The van der Waals surface area contributed by atoms with Gasteiger partial charge in [0.25, 0.3) is 5.91 Å². The zero-order chi connectivity index (χ0) is 27.8. The van der Waals surface area contributed by atoms with Gasteiger partial charge in [-0.15, -0.1) is 0 Å². The molecule has 2 heterocycles. The molecule has 0 unspecified atom stereocenters. The summed E-state index contributed by atoms with van der Waals surface area (Å²) in [6, 6.07) is 7.95. The van der Waals surface area contributed by atoms with Gasteiger partial charge in [0, 0.05) is 23.8 Å². The maximum atomic E-state index is 14.3. The number of halogens is 4. The van der Waals surface area contributed by atoms with Crippen molar-refractivity contribution >= 4 is 34.9 Å². The SMILES string of the molecule is CCOC(=O)OC1=C(c2c(C)cc(Cl)cc2C)C(=O)N(c2cccc(C(F)(F)F)c2)C12CCN(OC)CC2. The van der Waals surface area contributed by atoms with Crippen LogP contribution in [0.2, 0.25) is 5.02 Å². The molecule has 0 radical (unpaired) electrons. The number of ether oxygens (including phenoxy) is 2. The largest absolute Gasteiger partial charge is 0.513 e. The molecular formula is C27H28ClF3N2O5. The molecular weight excluding hydrogens is 525 g/mol. The van der Waals surface area contributed by atoms with Crippen molar-refractivity contribution in [3.63, 3.8) is 0 Å². The fraction of sp³-hybridized carbons (Fsp3) is 0.407. The number of anilines is 1. The number of alkyl halides is 3. The summed E-state index contributed by atoms with van der Waals surface area (Å²) in [6.07, 6.45) is -5.16. The van der Waals surface area contributed by atoms with Crippen LogP contribution < -0.4 is 4.90 Å². The number of hydrogen-bond acceptors (Lipinski definition) is 6. The van der Waals surface area contributed by atoms with Crippen LogP contribution in [0.4, 0.5) is 23.7 Å². The third kappa shape index (κ3) is 5.00. The summed E-state index contributed by atoms with van der Waals surface area (Å²) in [5.74, 6) is -0.536. The minimum Gasteiger partial charge on any atom is -0.434 e. The first kappa shape index (κ1) is 27.9. The molecule has 1 amide bonds. The lowest BCUT2D eigenvalue weighted by Crippen LogP contribution is -2.55. The highest BCUT2D eigenvalue weighted by Crippen LogP contribution is 2.50. The molecule has 0 N–H and O–H groups in total. The molecule has 204 valence electrons. The van der Waals surface area contributed by atoms with Gasteiger partial charge in [-0.1, -0.05) is 17.7 Å². The van der Waals surface area contributed by atoms with Crippen molar-refractivity contribution in [3.05, 3.63) is 69.4 Å². The van der Waals surface area contributed by atoms with E-state index in [4.69, 9.17) is 25.9 Å². The summed E-state index contributed by atoms with van der Waals surface area (Å²) < 4.78 is 51.8. The number of carbonyl (C=O) groups is 2. The summed E-state index contributed by atoms with van der Waals surface area (Å²) in [5.41, 5.74) is -0.226. The van der Waals surface area contributed by atoms with Crippen molar-refractivity contribution in [2.75, 3.05) is 31.7 Å². The molecule has 11 heteroatoms. The van der Waals surface area contributed by atoms with E-state index in [0.29, 0.717) is 34.8 Å². The summed E-state index contributed by atoms with van der Waals surface area (Å²) in [6.45, 7) is 5.86. The molecule has 2 aromatic rings. The van der Waals surface area contributed by atoms with E-state index in [-0.39, 0.29) is 36.5 Å². The average Bonchev–Trinajstić information content (AvgIpc) is 3.06. The van der Waals surface area contributed by atoms with E-state index in [0.717, 1.165) is 12.1 Å². The number of carbonyl (C=O) groups excluding carboxylic acids is 2. The molecule has 7 nitrogen and oxygen atoms in total. The topological polar surface area (TPSA) is 68.3 Å². The van der Waals surface area contributed by atoms with Gasteiger partial charge in [-0.3, -0.25) is 9.69 Å². The number of rotatable bonds is 5. The monoisotopic (exact) mass is 552 g/mol. The van der Waals surface area contributed by atoms with E-state index in [2.05, 4.69) is 0 Å². The van der Waals surface area contributed by atoms with Crippen molar-refractivity contribution in [1.82, 2.24) is 5.06 Å². The standard InChI is InChI=1S/C27H28ClF3N2O5/c1-5-37-25(35)38-23-22(21-16(2)13-19(28)14-17(21)3)24(34)33(26(23)9-11-32(36-4)12-10-26)20-8-6-7-18(15-20)27(29,30)31/h6-8,13-15H,5,9-12H2,1-4H3. The Morgan fingerprint density at radius 1 is 1.11 bits per heavy atom. The second kappa shape index (κ2) is 10.6. The lowest BCUT2D eigenvalue weighted by atomic mass is 9.84. The van der Waals surface area contributed by atoms with Gasteiger partial charge < -0.3 is 14.3 Å². The van der Waals surface area contributed by atoms with Gasteiger partial charge in [-0.2, -0.15) is 18.2 Å². The second-order valence-electron chi connectivity index (χ2n) is 9.24. The second-order valence-corrected chi connectivity index (χ2v) is 9.67. The van der Waals surface area contributed by atoms with Crippen LogP contribution in [-0.4, -0.2) is 49.5 Å². The predicted molar refractivity (Wildman–Crippen MR) is 135 cm³/mol. The lowest BCUT2D eigenvalue weighted by Gasteiger charge is -2.44. The molecule has 0 saturated carbocycles. The molecule has 0 atom stereocenters. The third-order valence-corrected chi connectivity index (χ3v) is 7.15. The fourth-order valence-electron chi connectivity index (χ4n) is 5.31. The molecule has 2 aliphatic heterocycles. The van der Waals surface area contributed by atoms with Crippen molar-refractivity contribution < 1.29 is 37.1 Å². The Morgan fingerprint density at radius 2 is 1.74 bits per heavy atom. The van der Waals surface area contributed by atoms with E-state index in [1.165, 1.54) is 24.1 Å². The zero-order valence-electron chi connectivity index (χ0n) is 21.4. The Labute approximate surface area is 223 Å². The normalized spacial score (nSPS) is 17.9. The Hall–Kier alpha value is -3.08. The first-order valence-electron chi connectivity index (χ1n) is 12.1. The van der Waals surface area contributed by atoms with Crippen molar-refractivity contribution in [2.45, 2.75) is 45.3 Å². The maximum absolute atomic E-state index is 14.3. The molecule has 2 aliphatic rings. The Morgan fingerprint density at radius 3 is 2.29 bits per heavy atom. The molecule has 1 saturated heterocycles. The Balaban J connectivity index is 1.99. The number of aryl methyl sites for hydroxylation is 2. The predicted octanol–water partition coefficient (Wildman–Crippen LogP) is 6.30. The van der Waals surface area contributed by atoms with E-state index < -0.39 is 29.3 Å². The van der Waals surface area contributed by atoms with E-state index >= 15 is 0 Å². The summed E-state index contributed by atoms with van der Waals surface area (Å²) in [4.78, 5) is 33.7. The number of nitrogens with zero attached hydrogens (tertiary/aromatic N) is 2. The van der Waals surface area contributed by atoms with E-state index in [9.17, 15) is 22.8 Å². The van der Waals surface area contributed by atoms with Crippen molar-refractivity contribution in [3.8, 4) is 0 Å². The Bertz CT molecular complexity index is 1260. The van der Waals surface area contributed by atoms with Crippen molar-refractivity contribution in [1.29, 1.82) is 0 Å². The lowest BCUT2D eigenvalue weighted by molar-refractivity contribution is -0.150. The zero-order valence-corrected chi connectivity index (χ0v) is 22.2. The highest BCUT2D eigenvalue weighted by atomic mass is 35.5. The Kier molecular flexibility index (Phi) is 7.79. The fourth-order valence-corrected chi connectivity index (χ4v) is 5.64. The van der Waals surface area contributed by atoms with Gasteiger partial charge in [-0.25, -0.2) is 4.79 Å². The van der Waals surface area contributed by atoms with E-state index in [1.54, 1.807) is 38.0 Å². The highest BCUT2D eigenvalue weighted by Gasteiger charge is 2.56. The van der Waals surface area contributed by atoms with Gasteiger partial charge in [-0.05, 0) is 80.6 Å². The van der Waals surface area contributed by atoms with Gasteiger partial charge in [0.2, 0.25) is 0 Å². The average molecular weight is 553 g/mol. The van der Waals surface area contributed by atoms with Crippen LogP contribution in [0.15, 0.2) is 42.2 Å². The molecule has 4 rings (SSSR count). The quantitative estimate of drug-likeness (QED) is 0.405. The van der Waals surface area contributed by atoms with Gasteiger partial charge in [0.05, 0.1) is 24.9 Å². The smallest absolute Gasteiger partial charge is 0.434 e. The molecule has 0 bridgehead atoms. The van der Waals surface area contributed by atoms with Crippen LogP contribution in [0.1, 0.15) is 42.0 Å². The molecule has 0 aliphatic carbocycles. The van der Waals surface area contributed by atoms with E-state index in [1.807, 2.05) is 0 Å². The number of hydroxylamine groups is 2. The minimum absolute atomic E-state index is 0.0379. The summed E-state index contributed by atoms with van der Waals surface area (Å²) in [7, 11) is 1.51. The van der Waals surface area contributed by atoms with Crippen LogP contribution in [0.3, 0.4) is 0 Å². The minimum atomic E-state index is -4.62. The van der Waals surface area contributed by atoms with Crippen LogP contribution in [0.5, 0.6) is 0 Å². The summed E-state index contributed by atoms with van der Waals surface area (Å²) >= 11 is 6.24.